The van der Waals surface area contributed by atoms with E-state index in [1.165, 1.54) is 99.0 Å². The van der Waals surface area contributed by atoms with Gasteiger partial charge in [-0.15, -0.1) is 0 Å². The molecule has 0 spiro atoms. The van der Waals surface area contributed by atoms with Gasteiger partial charge < -0.3 is 8.97 Å². The van der Waals surface area contributed by atoms with Gasteiger partial charge in [0.2, 0.25) is 0 Å². The highest BCUT2D eigenvalue weighted by Gasteiger charge is 2.26. The second-order valence-corrected chi connectivity index (χ2v) is 12.5. The van der Waals surface area contributed by atoms with Crippen LogP contribution in [0.2, 0.25) is 0 Å². The first-order valence-electron chi connectivity index (χ1n) is 15.8. The summed E-state index contributed by atoms with van der Waals surface area (Å²) in [6.07, 6.45) is 0.909. The quantitative estimate of drug-likeness (QED) is 0.196. The zero-order valence-electron chi connectivity index (χ0n) is 24.5. The number of nitrogens with zero attached hydrogens (tertiary/aromatic N) is 2. The predicted molar refractivity (Wildman–Crippen MR) is 189 cm³/mol. The highest BCUT2D eigenvalue weighted by Crippen LogP contribution is 2.46. The molecule has 0 aliphatic heterocycles. The smallest absolute Gasteiger partial charge is 0.0620 e. The normalized spacial score (nSPS) is 12.8. The molecule has 2 nitrogen and oxygen atoms in total. The highest BCUT2D eigenvalue weighted by atomic mass is 15.0. The Morgan fingerprint density at radius 2 is 0.911 bits per heavy atom. The number of fused-ring (bicyclic) bond motifs is 12. The number of aromatic nitrogens is 2. The summed E-state index contributed by atoms with van der Waals surface area (Å²) < 4.78 is 4.96. The third-order valence-electron chi connectivity index (χ3n) is 10.3. The molecule has 0 amide bonds. The lowest BCUT2D eigenvalue weighted by Crippen LogP contribution is -1.99. The molecule has 0 fully saturated rings. The molecule has 7 aromatic carbocycles. The second-order valence-electron chi connectivity index (χ2n) is 12.5. The van der Waals surface area contributed by atoms with Crippen LogP contribution in [0.15, 0.2) is 146 Å². The van der Waals surface area contributed by atoms with Crippen molar-refractivity contribution < 1.29 is 0 Å². The van der Waals surface area contributed by atoms with Gasteiger partial charge in [-0.25, -0.2) is 0 Å². The van der Waals surface area contributed by atoms with Crippen molar-refractivity contribution in [3.05, 3.63) is 157 Å². The topological polar surface area (TPSA) is 9.34 Å². The van der Waals surface area contributed by atoms with E-state index in [9.17, 15) is 0 Å². The Balaban J connectivity index is 1.13. The van der Waals surface area contributed by atoms with E-state index in [1.54, 1.807) is 0 Å². The van der Waals surface area contributed by atoms with Gasteiger partial charge in [0.25, 0.3) is 0 Å². The van der Waals surface area contributed by atoms with Crippen LogP contribution in [0.25, 0.3) is 87.8 Å². The Bertz CT molecular complexity index is 2790. The standard InChI is InChI=1S/C43H26N2/c1-4-18-38-30(10-1)31-11-2-5-19-39(31)44(38)41-21-9-15-29-28-14-7-13-27(36(28)25-37(29)41)26-22-23-33-35-17-8-16-34-32-12-3-6-20-40(32)45(43(34)35)42(33)24-26/h1-24H,25H2. The molecule has 0 unspecified atom stereocenters. The maximum atomic E-state index is 2.48. The van der Waals surface area contributed by atoms with E-state index in [0.29, 0.717) is 0 Å². The fourth-order valence-electron chi connectivity index (χ4n) is 8.48. The van der Waals surface area contributed by atoms with Gasteiger partial charge in [-0.05, 0) is 63.7 Å². The SMILES string of the molecule is c1cc(-c2ccc3c4cccc5c6ccccc6n(c3c2)c54)c2c(c1)-c1cccc(-n3c4ccccc4c4ccccc43)c1C2. The van der Waals surface area contributed by atoms with Crippen molar-refractivity contribution in [2.75, 3.05) is 0 Å². The fourth-order valence-corrected chi connectivity index (χ4v) is 8.48. The summed E-state index contributed by atoms with van der Waals surface area (Å²) in [5, 5.41) is 7.88. The van der Waals surface area contributed by atoms with Crippen LogP contribution in [0.1, 0.15) is 11.1 Å². The Kier molecular flexibility index (Phi) is 4.40. The minimum absolute atomic E-state index is 0.909. The van der Waals surface area contributed by atoms with Crippen LogP contribution in [0.5, 0.6) is 0 Å². The van der Waals surface area contributed by atoms with Crippen molar-refractivity contribution in [1.29, 1.82) is 0 Å². The Hall–Kier alpha value is -5.86. The molecule has 0 N–H and O–H groups in total. The molecule has 208 valence electrons. The van der Waals surface area contributed by atoms with Crippen LogP contribution in [0, 0.1) is 0 Å². The molecule has 0 radical (unpaired) electrons. The lowest BCUT2D eigenvalue weighted by Gasteiger charge is -2.13. The summed E-state index contributed by atoms with van der Waals surface area (Å²) in [5.74, 6) is 0. The Labute approximate surface area is 259 Å². The van der Waals surface area contributed by atoms with Gasteiger partial charge in [-0.2, -0.15) is 0 Å². The summed E-state index contributed by atoms with van der Waals surface area (Å²) >= 11 is 0. The van der Waals surface area contributed by atoms with E-state index < -0.39 is 0 Å². The Morgan fingerprint density at radius 3 is 1.64 bits per heavy atom. The van der Waals surface area contributed by atoms with Gasteiger partial charge in [0.1, 0.15) is 0 Å². The summed E-state index contributed by atoms with van der Waals surface area (Å²) in [6, 6.07) is 54.0. The molecule has 0 atom stereocenters. The molecule has 0 saturated carbocycles. The summed E-state index contributed by atoms with van der Waals surface area (Å²) in [5.41, 5.74) is 15.8. The summed E-state index contributed by atoms with van der Waals surface area (Å²) in [7, 11) is 0. The number of benzene rings is 7. The van der Waals surface area contributed by atoms with Crippen LogP contribution < -0.4 is 0 Å². The monoisotopic (exact) mass is 570 g/mol. The van der Waals surface area contributed by atoms with E-state index in [1.807, 2.05) is 0 Å². The van der Waals surface area contributed by atoms with Crippen LogP contribution in [-0.4, -0.2) is 8.97 Å². The number of para-hydroxylation sites is 4. The lowest BCUT2D eigenvalue weighted by atomic mass is 9.95. The zero-order chi connectivity index (χ0) is 29.2. The lowest BCUT2D eigenvalue weighted by molar-refractivity contribution is 1.12. The first-order chi connectivity index (χ1) is 22.3. The first-order valence-corrected chi connectivity index (χ1v) is 15.8. The highest BCUT2D eigenvalue weighted by molar-refractivity contribution is 6.23. The molecule has 3 aromatic heterocycles. The van der Waals surface area contributed by atoms with Crippen LogP contribution in [0.3, 0.4) is 0 Å². The van der Waals surface area contributed by atoms with Crippen LogP contribution in [-0.2, 0) is 6.42 Å². The van der Waals surface area contributed by atoms with Gasteiger partial charge in [0, 0.05) is 38.7 Å². The van der Waals surface area contributed by atoms with Crippen molar-refractivity contribution in [3.8, 4) is 27.9 Å². The molecule has 0 bridgehead atoms. The molecule has 1 aliphatic rings. The van der Waals surface area contributed by atoms with E-state index in [0.717, 1.165) is 6.42 Å². The van der Waals surface area contributed by atoms with E-state index in [4.69, 9.17) is 0 Å². The third kappa shape index (κ3) is 2.94. The van der Waals surface area contributed by atoms with Gasteiger partial charge in [-0.1, -0.05) is 115 Å². The minimum Gasteiger partial charge on any atom is -0.309 e. The Morgan fingerprint density at radius 1 is 0.378 bits per heavy atom. The number of hydrogen-bond donors (Lipinski definition) is 0. The van der Waals surface area contributed by atoms with Crippen molar-refractivity contribution in [3.63, 3.8) is 0 Å². The van der Waals surface area contributed by atoms with E-state index in [2.05, 4.69) is 155 Å². The zero-order valence-corrected chi connectivity index (χ0v) is 24.5. The molecule has 11 rings (SSSR count). The van der Waals surface area contributed by atoms with Gasteiger partial charge in [-0.3, -0.25) is 0 Å². The molecule has 45 heavy (non-hydrogen) atoms. The average Bonchev–Trinajstić information content (AvgIpc) is 3.84. The molecule has 2 heteroatoms. The van der Waals surface area contributed by atoms with Crippen molar-refractivity contribution >= 4 is 59.9 Å². The summed E-state index contributed by atoms with van der Waals surface area (Å²) in [6.45, 7) is 0. The van der Waals surface area contributed by atoms with Crippen molar-refractivity contribution in [2.45, 2.75) is 6.42 Å². The third-order valence-corrected chi connectivity index (χ3v) is 10.3. The van der Waals surface area contributed by atoms with Crippen molar-refractivity contribution in [1.82, 2.24) is 8.97 Å². The minimum atomic E-state index is 0.909. The van der Waals surface area contributed by atoms with E-state index >= 15 is 0 Å². The molecule has 10 aromatic rings. The fraction of sp³-hybridized carbons (Fsp3) is 0.0233. The largest absolute Gasteiger partial charge is 0.309 e. The predicted octanol–water partition coefficient (Wildman–Crippen LogP) is 11.2. The molecule has 1 aliphatic carbocycles. The second kappa shape index (κ2) is 8.40. The van der Waals surface area contributed by atoms with Gasteiger partial charge >= 0.3 is 0 Å². The van der Waals surface area contributed by atoms with Crippen LogP contribution >= 0.6 is 0 Å². The summed E-state index contributed by atoms with van der Waals surface area (Å²) in [4.78, 5) is 0. The number of rotatable bonds is 2. The molecular weight excluding hydrogens is 544 g/mol. The van der Waals surface area contributed by atoms with Gasteiger partial charge in [0.05, 0.1) is 33.3 Å². The molecular formula is C43H26N2. The number of hydrogen-bond acceptors (Lipinski definition) is 0. The first kappa shape index (κ1) is 23.6. The van der Waals surface area contributed by atoms with E-state index in [-0.39, 0.29) is 0 Å². The van der Waals surface area contributed by atoms with Gasteiger partial charge in [0.15, 0.2) is 0 Å². The maximum absolute atomic E-state index is 2.48. The molecule has 0 saturated heterocycles. The average molecular weight is 571 g/mol. The maximum Gasteiger partial charge on any atom is 0.0620 e. The van der Waals surface area contributed by atoms with Crippen molar-refractivity contribution in [2.24, 2.45) is 0 Å². The molecule has 3 heterocycles. The van der Waals surface area contributed by atoms with Crippen LogP contribution in [0.4, 0.5) is 0 Å².